The molecule has 0 atom stereocenters. The summed E-state index contributed by atoms with van der Waals surface area (Å²) in [6, 6.07) is 10.0. The first kappa shape index (κ1) is 8.72. The summed E-state index contributed by atoms with van der Waals surface area (Å²) in [5.74, 6) is 0. The molecular weight excluding hydrogens is 146 g/mol. The van der Waals surface area contributed by atoms with Crippen LogP contribution in [0, 0.1) is 5.41 Å². The molecule has 1 aromatic carbocycles. The Labute approximate surface area is 73.3 Å². The van der Waals surface area contributed by atoms with Gasteiger partial charge in [0.15, 0.2) is 0 Å². The van der Waals surface area contributed by atoms with Gasteiger partial charge in [0.05, 0.1) is 0 Å². The first-order valence-electron chi connectivity index (χ1n) is 4.13. The molecule has 1 rings (SSSR count). The summed E-state index contributed by atoms with van der Waals surface area (Å²) in [5.41, 5.74) is 1.81. The number of allylic oxidation sites excluding steroid dienone is 1. The fraction of sp³-hybridized carbons (Fsp3) is 0.182. The maximum atomic E-state index is 7.40. The van der Waals surface area contributed by atoms with E-state index in [1.807, 2.05) is 49.4 Å². The normalized spacial score (nSPS) is 10.4. The molecule has 62 valence electrons. The lowest BCUT2D eigenvalue weighted by Crippen LogP contribution is -1.84. The maximum Gasteiger partial charge on any atom is 0.0311 e. The summed E-state index contributed by atoms with van der Waals surface area (Å²) in [6.07, 6.45) is 4.60. The Bertz CT molecular complexity index is 272. The zero-order valence-corrected chi connectivity index (χ0v) is 7.25. The lowest BCUT2D eigenvalue weighted by molar-refractivity contribution is 1.26. The minimum atomic E-state index is 0.666. The molecule has 0 saturated heterocycles. The molecule has 1 aromatic rings. The largest absolute Gasteiger partial charge is 0.305 e. The standard InChI is InChI=1S/C11H13N/c1-2-11(12)9-8-10-6-4-3-5-7-10/h3-9,12H,2H2,1H3/b9-8-,12-11?. The molecule has 0 aromatic heterocycles. The average molecular weight is 159 g/mol. The molecule has 12 heavy (non-hydrogen) atoms. The molecule has 0 saturated carbocycles. The van der Waals surface area contributed by atoms with Gasteiger partial charge in [-0.25, -0.2) is 0 Å². The number of benzene rings is 1. The van der Waals surface area contributed by atoms with Crippen molar-refractivity contribution in [2.24, 2.45) is 0 Å². The summed E-state index contributed by atoms with van der Waals surface area (Å²) in [6.45, 7) is 1.98. The smallest absolute Gasteiger partial charge is 0.0311 e. The summed E-state index contributed by atoms with van der Waals surface area (Å²) in [7, 11) is 0. The van der Waals surface area contributed by atoms with Crippen LogP contribution in [-0.4, -0.2) is 5.71 Å². The second-order valence-corrected chi connectivity index (χ2v) is 2.62. The van der Waals surface area contributed by atoms with Crippen LogP contribution in [0.4, 0.5) is 0 Å². The van der Waals surface area contributed by atoms with E-state index in [-0.39, 0.29) is 0 Å². The third kappa shape index (κ3) is 2.70. The third-order valence-corrected chi connectivity index (χ3v) is 1.66. The van der Waals surface area contributed by atoms with Crippen molar-refractivity contribution in [2.45, 2.75) is 13.3 Å². The fourth-order valence-corrected chi connectivity index (χ4v) is 0.879. The predicted octanol–water partition coefficient (Wildman–Crippen LogP) is 3.13. The monoisotopic (exact) mass is 159 g/mol. The number of hydrogen-bond donors (Lipinski definition) is 1. The Balaban J connectivity index is 2.64. The molecule has 0 spiro atoms. The van der Waals surface area contributed by atoms with Gasteiger partial charge in [-0.2, -0.15) is 0 Å². The van der Waals surface area contributed by atoms with Crippen molar-refractivity contribution in [3.8, 4) is 0 Å². The molecule has 0 amide bonds. The molecule has 1 nitrogen and oxygen atoms in total. The minimum absolute atomic E-state index is 0.666. The minimum Gasteiger partial charge on any atom is -0.305 e. The maximum absolute atomic E-state index is 7.40. The molecule has 0 radical (unpaired) electrons. The SMILES string of the molecule is CCC(=N)/C=C\c1ccccc1. The summed E-state index contributed by atoms with van der Waals surface area (Å²) >= 11 is 0. The van der Waals surface area contributed by atoms with Crippen LogP contribution in [0.3, 0.4) is 0 Å². The van der Waals surface area contributed by atoms with Crippen LogP contribution in [0.15, 0.2) is 36.4 Å². The van der Waals surface area contributed by atoms with Gasteiger partial charge in [-0.1, -0.05) is 43.3 Å². The molecule has 1 heteroatoms. The molecule has 0 aliphatic rings. The quantitative estimate of drug-likeness (QED) is 0.655. The van der Waals surface area contributed by atoms with E-state index < -0.39 is 0 Å². The summed E-state index contributed by atoms with van der Waals surface area (Å²) in [4.78, 5) is 0. The zero-order valence-electron chi connectivity index (χ0n) is 7.25. The fourth-order valence-electron chi connectivity index (χ4n) is 0.879. The molecular formula is C11H13N. The zero-order chi connectivity index (χ0) is 8.81. The first-order chi connectivity index (χ1) is 5.83. The van der Waals surface area contributed by atoms with Crippen LogP contribution >= 0.6 is 0 Å². The van der Waals surface area contributed by atoms with E-state index in [0.29, 0.717) is 5.71 Å². The van der Waals surface area contributed by atoms with E-state index in [4.69, 9.17) is 5.41 Å². The third-order valence-electron chi connectivity index (χ3n) is 1.66. The Morgan fingerprint density at radius 1 is 1.33 bits per heavy atom. The summed E-state index contributed by atoms with van der Waals surface area (Å²) < 4.78 is 0. The van der Waals surface area contributed by atoms with Crippen LogP contribution in [0.2, 0.25) is 0 Å². The van der Waals surface area contributed by atoms with Crippen LogP contribution in [0.5, 0.6) is 0 Å². The van der Waals surface area contributed by atoms with E-state index in [2.05, 4.69) is 0 Å². The van der Waals surface area contributed by atoms with Gasteiger partial charge in [0.25, 0.3) is 0 Å². The molecule has 0 heterocycles. The second-order valence-electron chi connectivity index (χ2n) is 2.62. The first-order valence-corrected chi connectivity index (χ1v) is 4.13. The van der Waals surface area contributed by atoms with Crippen molar-refractivity contribution in [1.82, 2.24) is 0 Å². The lowest BCUT2D eigenvalue weighted by atomic mass is 10.2. The van der Waals surface area contributed by atoms with Crippen molar-refractivity contribution in [2.75, 3.05) is 0 Å². The van der Waals surface area contributed by atoms with Crippen molar-refractivity contribution < 1.29 is 0 Å². The van der Waals surface area contributed by atoms with Crippen molar-refractivity contribution in [1.29, 1.82) is 5.41 Å². The summed E-state index contributed by atoms with van der Waals surface area (Å²) in [5, 5.41) is 7.40. The highest BCUT2D eigenvalue weighted by Gasteiger charge is 1.85. The van der Waals surface area contributed by atoms with E-state index >= 15 is 0 Å². The second kappa shape index (κ2) is 4.50. The molecule has 0 aliphatic heterocycles. The molecule has 0 fully saturated rings. The Kier molecular flexibility index (Phi) is 3.27. The van der Waals surface area contributed by atoms with Crippen LogP contribution in [0.1, 0.15) is 18.9 Å². The molecule has 0 bridgehead atoms. The van der Waals surface area contributed by atoms with Gasteiger partial charge >= 0.3 is 0 Å². The van der Waals surface area contributed by atoms with E-state index in [1.165, 1.54) is 0 Å². The van der Waals surface area contributed by atoms with Crippen molar-refractivity contribution in [3.63, 3.8) is 0 Å². The average Bonchev–Trinajstić information content (AvgIpc) is 2.16. The molecule has 1 N–H and O–H groups in total. The highest BCUT2D eigenvalue weighted by molar-refractivity contribution is 5.95. The van der Waals surface area contributed by atoms with Gasteiger partial charge in [0.1, 0.15) is 0 Å². The number of hydrogen-bond acceptors (Lipinski definition) is 1. The van der Waals surface area contributed by atoms with Gasteiger partial charge in [-0.05, 0) is 18.1 Å². The van der Waals surface area contributed by atoms with E-state index in [0.717, 1.165) is 12.0 Å². The van der Waals surface area contributed by atoms with Gasteiger partial charge in [-0.3, -0.25) is 0 Å². The van der Waals surface area contributed by atoms with Gasteiger partial charge in [0.2, 0.25) is 0 Å². The Morgan fingerprint density at radius 3 is 2.58 bits per heavy atom. The molecule has 0 unspecified atom stereocenters. The van der Waals surface area contributed by atoms with Gasteiger partial charge < -0.3 is 5.41 Å². The topological polar surface area (TPSA) is 23.9 Å². The van der Waals surface area contributed by atoms with Gasteiger partial charge in [-0.15, -0.1) is 0 Å². The van der Waals surface area contributed by atoms with Crippen LogP contribution < -0.4 is 0 Å². The number of rotatable bonds is 3. The number of nitrogens with one attached hydrogen (secondary N) is 1. The predicted molar refractivity (Wildman–Crippen MR) is 53.5 cm³/mol. The van der Waals surface area contributed by atoms with E-state index in [1.54, 1.807) is 0 Å². The van der Waals surface area contributed by atoms with E-state index in [9.17, 15) is 0 Å². The van der Waals surface area contributed by atoms with Crippen LogP contribution in [0.25, 0.3) is 6.08 Å². The van der Waals surface area contributed by atoms with Crippen LogP contribution in [-0.2, 0) is 0 Å². The van der Waals surface area contributed by atoms with Crippen molar-refractivity contribution in [3.05, 3.63) is 42.0 Å². The highest BCUT2D eigenvalue weighted by Crippen LogP contribution is 2.01. The van der Waals surface area contributed by atoms with Crippen molar-refractivity contribution >= 4 is 11.8 Å². The highest BCUT2D eigenvalue weighted by atomic mass is 14.4. The Morgan fingerprint density at radius 2 is 2.00 bits per heavy atom. The van der Waals surface area contributed by atoms with Gasteiger partial charge in [0, 0.05) is 5.71 Å². The lowest BCUT2D eigenvalue weighted by Gasteiger charge is -1.91. The Hall–Kier alpha value is -1.37. The molecule has 0 aliphatic carbocycles.